The van der Waals surface area contributed by atoms with Gasteiger partial charge < -0.3 is 10.5 Å². The third-order valence-electron chi connectivity index (χ3n) is 7.02. The van der Waals surface area contributed by atoms with E-state index in [-0.39, 0.29) is 30.4 Å². The number of nitrogens with zero attached hydrogens (tertiary/aromatic N) is 1. The molecule has 29 heavy (non-hydrogen) atoms. The smallest absolute Gasteiger partial charge is 0.127 e. The maximum Gasteiger partial charge on any atom is 0.127 e. The number of nitrogens with two attached hydrogens (primary N) is 1. The summed E-state index contributed by atoms with van der Waals surface area (Å²) in [4.78, 5) is 2.59. The van der Waals surface area contributed by atoms with Gasteiger partial charge >= 0.3 is 0 Å². The number of hydrogen-bond donors (Lipinski definition) is 1. The molecule has 2 unspecified atom stereocenters. The number of piperidine rings is 1. The molecule has 5 heteroatoms. The van der Waals surface area contributed by atoms with Gasteiger partial charge in [0.25, 0.3) is 0 Å². The van der Waals surface area contributed by atoms with Gasteiger partial charge in [0.15, 0.2) is 0 Å². The highest BCUT2D eigenvalue weighted by Gasteiger charge is 2.44. The molecule has 0 aliphatic carbocycles. The number of likely N-dealkylation sites (tertiary alicyclic amines) is 1. The van der Waals surface area contributed by atoms with Crippen LogP contribution >= 0.6 is 24.8 Å². The molecule has 0 radical (unpaired) electrons. The molecule has 2 aliphatic rings. The van der Waals surface area contributed by atoms with Gasteiger partial charge in [-0.1, -0.05) is 37.3 Å². The van der Waals surface area contributed by atoms with Gasteiger partial charge in [-0.25, -0.2) is 0 Å². The maximum atomic E-state index is 6.59. The first-order valence-corrected chi connectivity index (χ1v) is 10.2. The van der Waals surface area contributed by atoms with Crippen LogP contribution in [0.5, 0.6) is 5.75 Å². The zero-order chi connectivity index (χ0) is 19.2. The zero-order valence-corrected chi connectivity index (χ0v) is 19.5. The summed E-state index contributed by atoms with van der Waals surface area (Å²) >= 11 is 0. The summed E-state index contributed by atoms with van der Waals surface area (Å²) in [5.74, 6) is 2.11. The second kappa shape index (κ2) is 9.16. The third-order valence-corrected chi connectivity index (χ3v) is 7.02. The number of hydrogen-bond acceptors (Lipinski definition) is 3. The average molecular weight is 437 g/mol. The Morgan fingerprint density at radius 1 is 1.07 bits per heavy atom. The standard InChI is InChI=1S/C24H32N2O.2ClH/c1-16-17(2)23-21(14-22(16)25)18(3)24(4,27-23)15-26-12-10-20(11-13-26)19-8-6-5-7-9-19;;/h5-9,14,18,20H,10-13,15,25H2,1-4H3;2*1H. The average Bonchev–Trinajstić information content (AvgIpc) is 2.92. The van der Waals surface area contributed by atoms with E-state index < -0.39 is 0 Å². The summed E-state index contributed by atoms with van der Waals surface area (Å²) in [5, 5.41) is 0. The summed E-state index contributed by atoms with van der Waals surface area (Å²) in [7, 11) is 0. The van der Waals surface area contributed by atoms with Crippen LogP contribution < -0.4 is 10.5 Å². The highest BCUT2D eigenvalue weighted by atomic mass is 35.5. The fourth-order valence-corrected chi connectivity index (χ4v) is 4.82. The lowest BCUT2D eigenvalue weighted by Crippen LogP contribution is -2.48. The van der Waals surface area contributed by atoms with Gasteiger partial charge in [0.05, 0.1) is 0 Å². The summed E-state index contributed by atoms with van der Waals surface area (Å²) in [6, 6.07) is 13.1. The van der Waals surface area contributed by atoms with Crippen LogP contribution in [0.25, 0.3) is 0 Å². The number of halogens is 2. The first-order valence-electron chi connectivity index (χ1n) is 10.2. The van der Waals surface area contributed by atoms with Crippen LogP contribution in [0.2, 0.25) is 0 Å². The molecule has 2 heterocycles. The van der Waals surface area contributed by atoms with Gasteiger partial charge in [0.2, 0.25) is 0 Å². The van der Waals surface area contributed by atoms with Gasteiger partial charge in [-0.05, 0) is 75.4 Å². The van der Waals surface area contributed by atoms with Crippen LogP contribution in [0.3, 0.4) is 0 Å². The Kier molecular flexibility index (Phi) is 7.53. The molecule has 4 rings (SSSR count). The van der Waals surface area contributed by atoms with E-state index in [4.69, 9.17) is 10.5 Å². The van der Waals surface area contributed by atoms with Crippen molar-refractivity contribution in [2.75, 3.05) is 25.4 Å². The number of anilines is 1. The van der Waals surface area contributed by atoms with E-state index in [0.29, 0.717) is 11.8 Å². The van der Waals surface area contributed by atoms with Crippen LogP contribution in [0.4, 0.5) is 5.69 Å². The van der Waals surface area contributed by atoms with Crippen molar-refractivity contribution in [1.29, 1.82) is 0 Å². The van der Waals surface area contributed by atoms with E-state index >= 15 is 0 Å². The van der Waals surface area contributed by atoms with Crippen LogP contribution in [0, 0.1) is 13.8 Å². The monoisotopic (exact) mass is 436 g/mol. The van der Waals surface area contributed by atoms with Crippen molar-refractivity contribution in [2.24, 2.45) is 0 Å². The summed E-state index contributed by atoms with van der Waals surface area (Å²) in [5.41, 5.74) is 12.0. The predicted octanol–water partition coefficient (Wildman–Crippen LogP) is 5.86. The minimum atomic E-state index is -0.188. The van der Waals surface area contributed by atoms with E-state index in [0.717, 1.165) is 36.6 Å². The zero-order valence-electron chi connectivity index (χ0n) is 17.9. The lowest BCUT2D eigenvalue weighted by Gasteiger charge is -2.39. The summed E-state index contributed by atoms with van der Waals surface area (Å²) in [6.45, 7) is 12.0. The normalized spacial score (nSPS) is 24.2. The number of benzene rings is 2. The Morgan fingerprint density at radius 3 is 2.31 bits per heavy atom. The van der Waals surface area contributed by atoms with Crippen molar-refractivity contribution in [3.05, 3.63) is 58.7 Å². The van der Waals surface area contributed by atoms with Crippen LogP contribution in [-0.2, 0) is 0 Å². The fourth-order valence-electron chi connectivity index (χ4n) is 4.82. The van der Waals surface area contributed by atoms with E-state index in [1.165, 1.54) is 29.5 Å². The molecule has 2 N–H and O–H groups in total. The van der Waals surface area contributed by atoms with E-state index in [2.05, 4.69) is 69.0 Å². The molecule has 2 aromatic rings. The quantitative estimate of drug-likeness (QED) is 0.611. The third kappa shape index (κ3) is 4.38. The molecule has 3 nitrogen and oxygen atoms in total. The van der Waals surface area contributed by atoms with Crippen LogP contribution in [0.1, 0.15) is 60.8 Å². The largest absolute Gasteiger partial charge is 0.485 e. The number of nitrogen functional groups attached to an aromatic ring is 1. The Bertz CT molecular complexity index is 835. The fraction of sp³-hybridized carbons (Fsp3) is 0.500. The highest BCUT2D eigenvalue weighted by molar-refractivity contribution is 5.85. The molecule has 0 aromatic heterocycles. The first-order chi connectivity index (χ1) is 12.9. The van der Waals surface area contributed by atoms with Crippen molar-refractivity contribution < 1.29 is 4.74 Å². The number of fused-ring (bicyclic) bond motifs is 1. The van der Waals surface area contributed by atoms with Gasteiger partial charge in [0, 0.05) is 23.7 Å². The molecular weight excluding hydrogens is 403 g/mol. The van der Waals surface area contributed by atoms with E-state index in [1.807, 2.05) is 0 Å². The lowest BCUT2D eigenvalue weighted by atomic mass is 9.84. The van der Waals surface area contributed by atoms with Crippen LogP contribution in [0.15, 0.2) is 36.4 Å². The second-order valence-electron chi connectivity index (χ2n) is 8.73. The maximum absolute atomic E-state index is 6.59. The van der Waals surface area contributed by atoms with Crippen molar-refractivity contribution in [1.82, 2.24) is 4.90 Å². The minimum Gasteiger partial charge on any atom is -0.485 e. The number of ether oxygens (including phenoxy) is 1. The predicted molar refractivity (Wildman–Crippen MR) is 127 cm³/mol. The first kappa shape index (κ1) is 23.9. The molecule has 2 atom stereocenters. The van der Waals surface area contributed by atoms with Crippen molar-refractivity contribution in [2.45, 2.75) is 58.0 Å². The second-order valence-corrected chi connectivity index (χ2v) is 8.73. The van der Waals surface area contributed by atoms with Gasteiger partial charge in [0.1, 0.15) is 11.4 Å². The number of rotatable bonds is 3. The summed E-state index contributed by atoms with van der Waals surface area (Å²) in [6.07, 6.45) is 2.46. The van der Waals surface area contributed by atoms with Crippen LogP contribution in [-0.4, -0.2) is 30.1 Å². The Balaban J connectivity index is 0.00000150. The summed E-state index contributed by atoms with van der Waals surface area (Å²) < 4.78 is 6.59. The van der Waals surface area contributed by atoms with E-state index in [9.17, 15) is 0 Å². The molecule has 1 fully saturated rings. The van der Waals surface area contributed by atoms with Crippen molar-refractivity contribution in [3.8, 4) is 5.75 Å². The molecule has 2 aliphatic heterocycles. The Labute approximate surface area is 187 Å². The molecule has 0 bridgehead atoms. The van der Waals surface area contributed by atoms with Gasteiger partial charge in [-0.15, -0.1) is 24.8 Å². The molecule has 160 valence electrons. The highest BCUT2D eigenvalue weighted by Crippen LogP contribution is 2.48. The van der Waals surface area contributed by atoms with E-state index in [1.54, 1.807) is 0 Å². The Morgan fingerprint density at radius 2 is 1.69 bits per heavy atom. The molecule has 0 saturated carbocycles. The van der Waals surface area contributed by atoms with Crippen molar-refractivity contribution in [3.63, 3.8) is 0 Å². The topological polar surface area (TPSA) is 38.5 Å². The molecule has 0 amide bonds. The van der Waals surface area contributed by atoms with Gasteiger partial charge in [-0.2, -0.15) is 0 Å². The SMILES string of the molecule is Cc1c(N)cc2c(c1C)OC(C)(CN1CCC(c3ccccc3)CC1)C2C.Cl.Cl. The molecule has 1 saturated heterocycles. The molecular formula is C24H34Cl2N2O. The molecule has 2 aromatic carbocycles. The van der Waals surface area contributed by atoms with Crippen molar-refractivity contribution >= 4 is 30.5 Å². The van der Waals surface area contributed by atoms with Gasteiger partial charge in [-0.3, -0.25) is 4.90 Å². The Hall–Kier alpha value is -1.42. The molecule has 0 spiro atoms. The minimum absolute atomic E-state index is 0. The lowest BCUT2D eigenvalue weighted by molar-refractivity contribution is 0.0368.